The number of hydrogen-bond donors (Lipinski definition) is 0. The van der Waals surface area contributed by atoms with Gasteiger partial charge in [0.1, 0.15) is 16.8 Å². The van der Waals surface area contributed by atoms with Crippen LogP contribution in [0.5, 0.6) is 0 Å². The molecule has 0 radical (unpaired) electrons. The number of nitrogens with zero attached hydrogens (tertiary/aromatic N) is 3. The molecule has 5 nitrogen and oxygen atoms in total. The maximum Gasteiger partial charge on any atom is 0.449 e. The summed E-state index contributed by atoms with van der Waals surface area (Å²) in [6.07, 6.45) is 0. The first-order valence-electron chi connectivity index (χ1n) is 2.82. The number of rotatable bonds is 0. The molecule has 0 N–H and O–H groups in total. The molecular formula is C4HCl4N3O2. The average molecular weight is 265 g/mol. The van der Waals surface area contributed by atoms with Gasteiger partial charge in [-0.25, -0.2) is 0 Å². The van der Waals surface area contributed by atoms with Crippen molar-refractivity contribution in [2.24, 2.45) is 4.99 Å². The van der Waals surface area contributed by atoms with Gasteiger partial charge in [-0.15, -0.1) is 4.42 Å². The van der Waals surface area contributed by atoms with Gasteiger partial charge in [-0.1, -0.05) is 28.2 Å². The fourth-order valence-corrected chi connectivity index (χ4v) is 1.42. The first-order valence-corrected chi connectivity index (χ1v) is 4.35. The molecule has 1 heterocycles. The van der Waals surface area contributed by atoms with Gasteiger partial charge in [0.2, 0.25) is 10.7 Å². The maximum atomic E-state index is 10.3. The second-order valence-electron chi connectivity index (χ2n) is 1.95. The lowest BCUT2D eigenvalue weighted by Crippen LogP contribution is -2.37. The number of hydrogen-bond acceptors (Lipinski definition) is 4. The van der Waals surface area contributed by atoms with E-state index < -0.39 is 16.4 Å². The van der Waals surface area contributed by atoms with E-state index in [4.69, 9.17) is 46.6 Å². The second-order valence-corrected chi connectivity index (χ2v) is 3.50. The standard InChI is InChI=1S/C4HCl4N3O2/c5-1-2(6)9-4(11(12)13)10(8)3(1)7/h3H. The first-order chi connectivity index (χ1) is 5.95. The molecular weight excluding hydrogens is 264 g/mol. The summed E-state index contributed by atoms with van der Waals surface area (Å²) in [6.45, 7) is 0. The van der Waals surface area contributed by atoms with Gasteiger partial charge in [-0.3, -0.25) is 0 Å². The van der Waals surface area contributed by atoms with Crippen LogP contribution in [0.1, 0.15) is 0 Å². The van der Waals surface area contributed by atoms with Crippen molar-refractivity contribution in [1.82, 2.24) is 4.42 Å². The van der Waals surface area contributed by atoms with E-state index in [1.807, 2.05) is 0 Å². The third-order valence-electron chi connectivity index (χ3n) is 1.16. The Balaban J connectivity index is 3.12. The van der Waals surface area contributed by atoms with Crippen LogP contribution in [0.3, 0.4) is 0 Å². The van der Waals surface area contributed by atoms with Crippen molar-refractivity contribution in [2.75, 3.05) is 0 Å². The zero-order valence-corrected chi connectivity index (χ0v) is 8.77. The predicted molar refractivity (Wildman–Crippen MR) is 50.5 cm³/mol. The number of guanidine groups is 1. The molecule has 0 fully saturated rings. The van der Waals surface area contributed by atoms with E-state index in [0.717, 1.165) is 0 Å². The van der Waals surface area contributed by atoms with Crippen LogP contribution in [0.15, 0.2) is 15.2 Å². The topological polar surface area (TPSA) is 58.7 Å². The van der Waals surface area contributed by atoms with E-state index in [9.17, 15) is 10.1 Å². The molecule has 0 spiro atoms. The van der Waals surface area contributed by atoms with Crippen molar-refractivity contribution in [2.45, 2.75) is 5.50 Å². The number of nitro groups is 1. The lowest BCUT2D eigenvalue weighted by atomic mass is 10.5. The van der Waals surface area contributed by atoms with Gasteiger partial charge in [0.05, 0.1) is 0 Å². The normalized spacial score (nSPS) is 23.2. The van der Waals surface area contributed by atoms with Crippen molar-refractivity contribution in [1.29, 1.82) is 0 Å². The molecule has 0 aliphatic carbocycles. The zero-order chi connectivity index (χ0) is 10.2. The Morgan fingerprint density at radius 2 is 2.08 bits per heavy atom. The Bertz CT molecular complexity index is 315. The minimum atomic E-state index is -1.08. The van der Waals surface area contributed by atoms with Gasteiger partial charge in [0, 0.05) is 0 Å². The van der Waals surface area contributed by atoms with Crippen molar-refractivity contribution in [3.05, 3.63) is 20.3 Å². The lowest BCUT2D eigenvalue weighted by Gasteiger charge is -2.17. The number of alkyl halides is 1. The van der Waals surface area contributed by atoms with Crippen molar-refractivity contribution in [3.63, 3.8) is 0 Å². The van der Waals surface area contributed by atoms with Gasteiger partial charge < -0.3 is 10.1 Å². The summed E-state index contributed by atoms with van der Waals surface area (Å²) in [7, 11) is 0. The lowest BCUT2D eigenvalue weighted by molar-refractivity contribution is -0.361. The number of halogens is 4. The molecule has 13 heavy (non-hydrogen) atoms. The molecule has 1 unspecified atom stereocenters. The fourth-order valence-electron chi connectivity index (χ4n) is 0.607. The Morgan fingerprint density at radius 1 is 1.54 bits per heavy atom. The summed E-state index contributed by atoms with van der Waals surface area (Å²) >= 11 is 22.0. The summed E-state index contributed by atoms with van der Waals surface area (Å²) in [4.78, 5) is 12.9. The molecule has 9 heteroatoms. The summed E-state index contributed by atoms with van der Waals surface area (Å²) in [5.41, 5.74) is -1.08. The highest BCUT2D eigenvalue weighted by molar-refractivity contribution is 6.45. The van der Waals surface area contributed by atoms with E-state index in [1.54, 1.807) is 0 Å². The van der Waals surface area contributed by atoms with Gasteiger partial charge in [-0.05, 0) is 16.5 Å². The van der Waals surface area contributed by atoms with Crippen LogP contribution in [-0.4, -0.2) is 20.8 Å². The van der Waals surface area contributed by atoms with E-state index in [1.165, 1.54) is 0 Å². The molecule has 0 saturated carbocycles. The predicted octanol–water partition coefficient (Wildman–Crippen LogP) is 2.30. The smallest absolute Gasteiger partial charge is 0.390 e. The van der Waals surface area contributed by atoms with Crippen LogP contribution in [0.25, 0.3) is 0 Å². The largest absolute Gasteiger partial charge is 0.449 e. The Kier molecular flexibility index (Phi) is 3.23. The van der Waals surface area contributed by atoms with Crippen LogP contribution in [0, 0.1) is 10.1 Å². The van der Waals surface area contributed by atoms with E-state index >= 15 is 0 Å². The highest BCUT2D eigenvalue weighted by Crippen LogP contribution is 2.31. The highest BCUT2D eigenvalue weighted by atomic mass is 35.5. The number of aliphatic imine (C=N–C) groups is 1. The van der Waals surface area contributed by atoms with Crippen LogP contribution in [0.2, 0.25) is 0 Å². The summed E-state index contributed by atoms with van der Waals surface area (Å²) in [6, 6.07) is 0. The molecule has 1 aliphatic heterocycles. The third-order valence-corrected chi connectivity index (χ3v) is 2.90. The average Bonchev–Trinajstić information content (AvgIpc) is 2.07. The molecule has 0 saturated heterocycles. The van der Waals surface area contributed by atoms with E-state index in [2.05, 4.69) is 4.99 Å². The van der Waals surface area contributed by atoms with Crippen LogP contribution in [0.4, 0.5) is 0 Å². The molecule has 72 valence electrons. The zero-order valence-electron chi connectivity index (χ0n) is 5.75. The highest BCUT2D eigenvalue weighted by Gasteiger charge is 2.37. The third kappa shape index (κ3) is 1.99. The minimum Gasteiger partial charge on any atom is -0.390 e. The van der Waals surface area contributed by atoms with E-state index in [0.29, 0.717) is 4.42 Å². The van der Waals surface area contributed by atoms with Crippen molar-refractivity contribution >= 4 is 52.5 Å². The quantitative estimate of drug-likeness (QED) is 0.222. The maximum absolute atomic E-state index is 10.3. The van der Waals surface area contributed by atoms with Crippen molar-refractivity contribution < 1.29 is 4.92 Å². The monoisotopic (exact) mass is 263 g/mol. The van der Waals surface area contributed by atoms with Crippen LogP contribution >= 0.6 is 46.6 Å². The summed E-state index contributed by atoms with van der Waals surface area (Å²) in [5, 5.41) is 10.0. The Hall–Kier alpha value is -0.230. The minimum absolute atomic E-state index is 0.0519. The van der Waals surface area contributed by atoms with Gasteiger partial charge >= 0.3 is 5.96 Å². The fraction of sp³-hybridized carbons (Fsp3) is 0.250. The molecule has 0 aromatic heterocycles. The summed E-state index contributed by atoms with van der Waals surface area (Å²) in [5.74, 6) is -0.656. The SMILES string of the molecule is O=[N+]([O-])C1=NC(Cl)=C(Cl)C(Cl)N1Cl. The molecule has 0 bridgehead atoms. The summed E-state index contributed by atoms with van der Waals surface area (Å²) < 4.78 is 0.593. The molecule has 0 amide bonds. The second kappa shape index (κ2) is 3.88. The van der Waals surface area contributed by atoms with Crippen LogP contribution in [-0.2, 0) is 0 Å². The molecule has 0 aromatic rings. The molecule has 1 rings (SSSR count). The first kappa shape index (κ1) is 10.8. The Morgan fingerprint density at radius 3 is 2.54 bits per heavy atom. The van der Waals surface area contributed by atoms with E-state index in [-0.39, 0.29) is 10.2 Å². The van der Waals surface area contributed by atoms with Crippen LogP contribution < -0.4 is 0 Å². The Labute approximate surface area is 92.8 Å². The van der Waals surface area contributed by atoms with Gasteiger partial charge in [-0.2, -0.15) is 0 Å². The van der Waals surface area contributed by atoms with Gasteiger partial charge in [0.15, 0.2) is 0 Å². The molecule has 0 aromatic carbocycles. The molecule has 1 aliphatic rings. The molecule has 1 atom stereocenters. The van der Waals surface area contributed by atoms with Crippen molar-refractivity contribution in [3.8, 4) is 0 Å². The van der Waals surface area contributed by atoms with Gasteiger partial charge in [0.25, 0.3) is 0 Å².